The number of tetrazole rings is 1. The van der Waals surface area contributed by atoms with E-state index in [9.17, 15) is 14.3 Å². The predicted molar refractivity (Wildman–Crippen MR) is 136 cm³/mol. The molecule has 0 fully saturated rings. The van der Waals surface area contributed by atoms with Crippen molar-refractivity contribution in [2.75, 3.05) is 6.61 Å². The summed E-state index contributed by atoms with van der Waals surface area (Å²) in [6.45, 7) is 2.16. The molecule has 0 saturated heterocycles. The lowest BCUT2D eigenvalue weighted by Gasteiger charge is -2.31. The van der Waals surface area contributed by atoms with Gasteiger partial charge in [-0.3, -0.25) is 4.79 Å². The van der Waals surface area contributed by atoms with Crippen molar-refractivity contribution < 1.29 is 14.3 Å². The molecule has 1 amide bonds. The van der Waals surface area contributed by atoms with Gasteiger partial charge in [-0.05, 0) is 63.7 Å². The zero-order valence-electron chi connectivity index (χ0n) is 20.3. The summed E-state index contributed by atoms with van der Waals surface area (Å²) in [6.07, 6.45) is 2.49. The van der Waals surface area contributed by atoms with Crippen LogP contribution in [0.3, 0.4) is 0 Å². The molecule has 0 bridgehead atoms. The van der Waals surface area contributed by atoms with E-state index in [0.717, 1.165) is 40.7 Å². The Morgan fingerprint density at radius 2 is 1.78 bits per heavy atom. The predicted octanol–water partition coefficient (Wildman–Crippen LogP) is 4.80. The highest BCUT2D eigenvalue weighted by atomic mass is 19.1. The van der Waals surface area contributed by atoms with E-state index < -0.39 is 6.04 Å². The number of aromatic nitrogens is 4. The molecule has 1 heterocycles. The van der Waals surface area contributed by atoms with Crippen molar-refractivity contribution in [3.8, 4) is 22.5 Å². The van der Waals surface area contributed by atoms with E-state index in [4.69, 9.17) is 0 Å². The van der Waals surface area contributed by atoms with Gasteiger partial charge in [0.15, 0.2) is 5.82 Å². The molecule has 0 spiro atoms. The molecule has 36 heavy (non-hydrogen) atoms. The minimum Gasteiger partial charge on any atom is -0.394 e. The van der Waals surface area contributed by atoms with Crippen molar-refractivity contribution in [3.63, 3.8) is 0 Å². The molecule has 0 radical (unpaired) electrons. The Morgan fingerprint density at radius 1 is 1.03 bits per heavy atom. The van der Waals surface area contributed by atoms with Gasteiger partial charge in [-0.1, -0.05) is 67.9 Å². The van der Waals surface area contributed by atoms with E-state index in [2.05, 4.69) is 20.6 Å². The standard InChI is InChI=1S/C28H30FN5O2/c1-2-3-9-27(36)34(24(19-35)16-20-10-13-23(29)14-11-20)18-21-12-15-25(22-7-5-4-6-8-22)26(17-21)28-30-32-33-31-28/h4-8,10-15,17,24,35H,2-3,9,16,18-19H2,1H3,(H,30,31,32,33). The molecule has 7 nitrogen and oxygen atoms in total. The summed E-state index contributed by atoms with van der Waals surface area (Å²) in [5.41, 5.74) is 4.56. The highest BCUT2D eigenvalue weighted by molar-refractivity contribution is 5.81. The van der Waals surface area contributed by atoms with Gasteiger partial charge in [0, 0.05) is 18.5 Å². The van der Waals surface area contributed by atoms with Crippen LogP contribution in [0.2, 0.25) is 0 Å². The van der Waals surface area contributed by atoms with Crippen LogP contribution in [0.25, 0.3) is 22.5 Å². The molecule has 2 N–H and O–H groups in total. The van der Waals surface area contributed by atoms with E-state index >= 15 is 0 Å². The molecule has 3 aromatic carbocycles. The van der Waals surface area contributed by atoms with Crippen LogP contribution in [0, 0.1) is 5.82 Å². The van der Waals surface area contributed by atoms with Crippen LogP contribution in [0.15, 0.2) is 72.8 Å². The van der Waals surface area contributed by atoms with Gasteiger partial charge in [0.2, 0.25) is 5.91 Å². The van der Waals surface area contributed by atoms with Gasteiger partial charge in [0.25, 0.3) is 0 Å². The zero-order chi connectivity index (χ0) is 25.3. The minimum atomic E-state index is -0.441. The fraction of sp³-hybridized carbons (Fsp3) is 0.286. The lowest BCUT2D eigenvalue weighted by atomic mass is 9.96. The summed E-state index contributed by atoms with van der Waals surface area (Å²) >= 11 is 0. The molecule has 1 atom stereocenters. The van der Waals surface area contributed by atoms with Gasteiger partial charge in [0.05, 0.1) is 12.6 Å². The summed E-state index contributed by atoms with van der Waals surface area (Å²) in [5, 5.41) is 24.7. The number of nitrogens with one attached hydrogen (secondary N) is 1. The number of amides is 1. The van der Waals surface area contributed by atoms with E-state index in [-0.39, 0.29) is 18.3 Å². The minimum absolute atomic E-state index is 0.0203. The third kappa shape index (κ3) is 6.20. The second-order valence-electron chi connectivity index (χ2n) is 8.79. The van der Waals surface area contributed by atoms with Crippen LogP contribution >= 0.6 is 0 Å². The summed E-state index contributed by atoms with van der Waals surface area (Å²) in [4.78, 5) is 15.0. The van der Waals surface area contributed by atoms with E-state index in [1.165, 1.54) is 12.1 Å². The summed E-state index contributed by atoms with van der Waals surface area (Å²) in [5.74, 6) is 0.195. The van der Waals surface area contributed by atoms with Gasteiger partial charge < -0.3 is 10.0 Å². The molecule has 0 aliphatic carbocycles. The molecule has 8 heteroatoms. The Hall–Kier alpha value is -3.91. The van der Waals surface area contributed by atoms with Gasteiger partial charge in [0.1, 0.15) is 5.82 Å². The Labute approximate surface area is 210 Å². The SMILES string of the molecule is CCCCC(=O)N(Cc1ccc(-c2ccccc2)c(-c2nnn[nH]2)c1)C(CO)Cc1ccc(F)cc1. The van der Waals surface area contributed by atoms with Crippen LogP contribution in [-0.4, -0.2) is 49.2 Å². The number of hydrogen-bond acceptors (Lipinski definition) is 5. The van der Waals surface area contributed by atoms with Crippen molar-refractivity contribution >= 4 is 5.91 Å². The molecule has 0 aliphatic rings. The van der Waals surface area contributed by atoms with E-state index in [1.807, 2.05) is 55.5 Å². The fourth-order valence-electron chi connectivity index (χ4n) is 4.28. The summed E-state index contributed by atoms with van der Waals surface area (Å²) in [7, 11) is 0. The third-order valence-electron chi connectivity index (χ3n) is 6.22. The molecule has 1 aromatic heterocycles. The normalized spacial score (nSPS) is 11.9. The average Bonchev–Trinajstić information content (AvgIpc) is 3.46. The maximum atomic E-state index is 13.4. The first kappa shape index (κ1) is 25.2. The number of aliphatic hydroxyl groups is 1. The number of carbonyl (C=O) groups is 1. The number of nitrogens with zero attached hydrogens (tertiary/aromatic N) is 4. The van der Waals surface area contributed by atoms with Crippen molar-refractivity contribution in [1.29, 1.82) is 0 Å². The average molecular weight is 488 g/mol. The van der Waals surface area contributed by atoms with Crippen molar-refractivity contribution in [2.24, 2.45) is 0 Å². The topological polar surface area (TPSA) is 95.0 Å². The first-order chi connectivity index (χ1) is 17.6. The second-order valence-corrected chi connectivity index (χ2v) is 8.79. The van der Waals surface area contributed by atoms with Crippen LogP contribution in [0.5, 0.6) is 0 Å². The molecule has 0 aliphatic heterocycles. The second kappa shape index (κ2) is 12.2. The number of benzene rings is 3. The van der Waals surface area contributed by atoms with E-state index in [0.29, 0.717) is 25.2 Å². The Balaban J connectivity index is 1.67. The van der Waals surface area contributed by atoms with Crippen LogP contribution in [-0.2, 0) is 17.8 Å². The first-order valence-electron chi connectivity index (χ1n) is 12.2. The number of rotatable bonds is 11. The molecule has 186 valence electrons. The maximum absolute atomic E-state index is 13.4. The number of aliphatic hydroxyl groups excluding tert-OH is 1. The van der Waals surface area contributed by atoms with Gasteiger partial charge in [-0.2, -0.15) is 0 Å². The summed E-state index contributed by atoms with van der Waals surface area (Å²) in [6, 6.07) is 21.7. The van der Waals surface area contributed by atoms with Crippen molar-refractivity contribution in [1.82, 2.24) is 25.5 Å². The molecular weight excluding hydrogens is 457 g/mol. The Morgan fingerprint density at radius 3 is 2.44 bits per heavy atom. The molecule has 4 rings (SSSR count). The fourth-order valence-corrected chi connectivity index (χ4v) is 4.28. The van der Waals surface area contributed by atoms with Crippen LogP contribution < -0.4 is 0 Å². The molecular formula is C28H30FN5O2. The number of hydrogen-bond donors (Lipinski definition) is 2. The van der Waals surface area contributed by atoms with Gasteiger partial charge in [-0.15, -0.1) is 5.10 Å². The maximum Gasteiger partial charge on any atom is 0.223 e. The first-order valence-corrected chi connectivity index (χ1v) is 12.2. The van der Waals surface area contributed by atoms with Gasteiger partial charge >= 0.3 is 0 Å². The zero-order valence-corrected chi connectivity index (χ0v) is 20.3. The monoisotopic (exact) mass is 487 g/mol. The number of carbonyl (C=O) groups excluding carboxylic acids is 1. The quantitative estimate of drug-likeness (QED) is 0.317. The number of aromatic amines is 1. The van der Waals surface area contributed by atoms with Crippen LogP contribution in [0.4, 0.5) is 4.39 Å². The molecule has 4 aromatic rings. The number of H-pyrrole nitrogens is 1. The third-order valence-corrected chi connectivity index (χ3v) is 6.22. The van der Waals surface area contributed by atoms with E-state index in [1.54, 1.807) is 17.0 Å². The largest absolute Gasteiger partial charge is 0.394 e. The molecule has 0 saturated carbocycles. The summed E-state index contributed by atoms with van der Waals surface area (Å²) < 4.78 is 13.4. The lowest BCUT2D eigenvalue weighted by molar-refractivity contribution is -0.135. The lowest BCUT2D eigenvalue weighted by Crippen LogP contribution is -2.43. The smallest absolute Gasteiger partial charge is 0.223 e. The Kier molecular flexibility index (Phi) is 8.52. The number of unbranched alkanes of at least 4 members (excludes halogenated alkanes) is 1. The van der Waals surface area contributed by atoms with Crippen molar-refractivity contribution in [2.45, 2.75) is 45.2 Å². The van der Waals surface area contributed by atoms with Gasteiger partial charge in [-0.25, -0.2) is 9.49 Å². The highest BCUT2D eigenvalue weighted by Gasteiger charge is 2.24. The number of halogens is 1. The van der Waals surface area contributed by atoms with Crippen molar-refractivity contribution in [3.05, 3.63) is 89.7 Å². The highest BCUT2D eigenvalue weighted by Crippen LogP contribution is 2.31. The Bertz CT molecular complexity index is 1250. The molecule has 1 unspecified atom stereocenters. The van der Waals surface area contributed by atoms with Crippen LogP contribution in [0.1, 0.15) is 37.3 Å².